The Balaban J connectivity index is 1.69. The van der Waals surface area contributed by atoms with Gasteiger partial charge in [-0.05, 0) is 42.2 Å². The molecule has 2 aromatic heterocycles. The van der Waals surface area contributed by atoms with E-state index in [4.69, 9.17) is 4.74 Å². The molecule has 6 nitrogen and oxygen atoms in total. The average Bonchev–Trinajstić information content (AvgIpc) is 3.19. The molecule has 0 aromatic carbocycles. The molecule has 1 aliphatic heterocycles. The fourth-order valence-corrected chi connectivity index (χ4v) is 3.70. The van der Waals surface area contributed by atoms with Crippen LogP contribution < -0.4 is 11.2 Å². The van der Waals surface area contributed by atoms with E-state index < -0.39 is 0 Å². The molecular weight excluding hydrogens is 326 g/mol. The molecule has 24 heavy (non-hydrogen) atoms. The molecule has 0 saturated carbocycles. The van der Waals surface area contributed by atoms with Crippen LogP contribution in [-0.4, -0.2) is 40.3 Å². The Morgan fingerprint density at radius 2 is 2.33 bits per heavy atom. The number of nitrogens with zero attached hydrogens (tertiary/aromatic N) is 2. The first-order valence-corrected chi connectivity index (χ1v) is 9.22. The first kappa shape index (κ1) is 17.1. The fraction of sp³-hybridized carbons (Fsp3) is 0.529. The summed E-state index contributed by atoms with van der Waals surface area (Å²) in [5.41, 5.74) is 1.26. The van der Waals surface area contributed by atoms with E-state index in [-0.39, 0.29) is 17.4 Å². The summed E-state index contributed by atoms with van der Waals surface area (Å²) in [5.74, 6) is 0. The van der Waals surface area contributed by atoms with Crippen LogP contribution in [-0.2, 0) is 17.8 Å². The lowest BCUT2D eigenvalue weighted by Gasteiger charge is -2.25. The van der Waals surface area contributed by atoms with Crippen molar-refractivity contribution in [3.63, 3.8) is 0 Å². The van der Waals surface area contributed by atoms with E-state index in [0.717, 1.165) is 32.5 Å². The van der Waals surface area contributed by atoms with E-state index in [9.17, 15) is 9.59 Å². The number of H-pyrrole nitrogens is 1. The highest BCUT2D eigenvalue weighted by molar-refractivity contribution is 7.07. The van der Waals surface area contributed by atoms with Crippen molar-refractivity contribution in [2.45, 2.75) is 39.0 Å². The quantitative estimate of drug-likeness (QED) is 0.824. The van der Waals surface area contributed by atoms with Crippen LogP contribution in [0.3, 0.4) is 0 Å². The molecule has 0 spiro atoms. The van der Waals surface area contributed by atoms with Crippen LogP contribution in [0.4, 0.5) is 0 Å². The summed E-state index contributed by atoms with van der Waals surface area (Å²) < 4.78 is 7.01. The van der Waals surface area contributed by atoms with Gasteiger partial charge in [-0.1, -0.05) is 0 Å². The third kappa shape index (κ3) is 4.43. The van der Waals surface area contributed by atoms with E-state index in [1.54, 1.807) is 18.3 Å². The zero-order valence-electron chi connectivity index (χ0n) is 13.9. The summed E-state index contributed by atoms with van der Waals surface area (Å²) in [6.07, 6.45) is 2.43. The van der Waals surface area contributed by atoms with Crippen LogP contribution in [0.15, 0.2) is 32.5 Å². The number of thiophene rings is 1. The van der Waals surface area contributed by atoms with Gasteiger partial charge in [0.05, 0.1) is 6.10 Å². The maximum atomic E-state index is 12.0. The smallest absolute Gasteiger partial charge is 0.328 e. The minimum Gasteiger partial charge on any atom is -0.377 e. The summed E-state index contributed by atoms with van der Waals surface area (Å²) >= 11 is 1.68. The first-order chi connectivity index (χ1) is 11.6. The van der Waals surface area contributed by atoms with Crippen molar-refractivity contribution in [2.75, 3.05) is 19.7 Å². The number of aryl methyl sites for hydroxylation is 1. The van der Waals surface area contributed by atoms with E-state index in [1.165, 1.54) is 16.2 Å². The molecule has 0 bridgehead atoms. The standard InChI is InChI=1S/C17H23N3O3S/c1-13-9-16(21)20(17(22)18-13)6-5-19(10-14-4-8-24-12-14)11-15-3-2-7-23-15/h4,8-9,12,15H,2-3,5-7,10-11H2,1H3,(H,18,22)/t15-/m1/s1. The second-order valence-electron chi connectivity index (χ2n) is 6.25. The maximum Gasteiger partial charge on any atom is 0.328 e. The molecular formula is C17H23N3O3S. The van der Waals surface area contributed by atoms with Gasteiger partial charge in [-0.3, -0.25) is 14.3 Å². The highest BCUT2D eigenvalue weighted by Gasteiger charge is 2.19. The Morgan fingerprint density at radius 3 is 3.00 bits per heavy atom. The summed E-state index contributed by atoms with van der Waals surface area (Å²) in [4.78, 5) is 29.0. The van der Waals surface area contributed by atoms with Gasteiger partial charge in [0.2, 0.25) is 0 Å². The van der Waals surface area contributed by atoms with Gasteiger partial charge in [-0.15, -0.1) is 0 Å². The van der Waals surface area contributed by atoms with Gasteiger partial charge >= 0.3 is 5.69 Å². The Morgan fingerprint density at radius 1 is 1.46 bits per heavy atom. The van der Waals surface area contributed by atoms with Crippen LogP contribution in [0.1, 0.15) is 24.1 Å². The first-order valence-electron chi connectivity index (χ1n) is 8.27. The SMILES string of the molecule is Cc1cc(=O)n(CCN(Cc2ccsc2)C[C@H]2CCCO2)c(=O)[nH]1. The Bertz CT molecular complexity index is 729. The van der Waals surface area contributed by atoms with E-state index >= 15 is 0 Å². The van der Waals surface area contributed by atoms with Gasteiger partial charge in [0.25, 0.3) is 5.56 Å². The minimum atomic E-state index is -0.340. The number of aromatic nitrogens is 2. The molecule has 7 heteroatoms. The molecule has 0 aliphatic carbocycles. The number of rotatable bonds is 7. The van der Waals surface area contributed by atoms with Crippen molar-refractivity contribution >= 4 is 11.3 Å². The lowest BCUT2D eigenvalue weighted by atomic mass is 10.2. The molecule has 2 aromatic rings. The van der Waals surface area contributed by atoms with Gasteiger partial charge in [0, 0.05) is 44.5 Å². The highest BCUT2D eigenvalue weighted by atomic mass is 32.1. The van der Waals surface area contributed by atoms with E-state index in [0.29, 0.717) is 18.8 Å². The molecule has 1 aliphatic rings. The monoisotopic (exact) mass is 349 g/mol. The normalized spacial score (nSPS) is 17.7. The third-order valence-corrected chi connectivity index (χ3v) is 5.00. The van der Waals surface area contributed by atoms with Crippen LogP contribution in [0.5, 0.6) is 0 Å². The molecule has 1 N–H and O–H groups in total. The zero-order valence-corrected chi connectivity index (χ0v) is 14.7. The number of nitrogens with one attached hydrogen (secondary N) is 1. The van der Waals surface area contributed by atoms with Gasteiger partial charge in [0.15, 0.2) is 0 Å². The van der Waals surface area contributed by atoms with Crippen molar-refractivity contribution in [3.8, 4) is 0 Å². The Kier molecular flexibility index (Phi) is 5.65. The van der Waals surface area contributed by atoms with Crippen molar-refractivity contribution in [2.24, 2.45) is 0 Å². The minimum absolute atomic E-state index is 0.246. The summed E-state index contributed by atoms with van der Waals surface area (Å²) in [6.45, 7) is 5.20. The fourth-order valence-electron chi connectivity index (χ4n) is 3.04. The molecule has 0 amide bonds. The highest BCUT2D eigenvalue weighted by Crippen LogP contribution is 2.16. The Labute approximate surface area is 144 Å². The number of aromatic amines is 1. The van der Waals surface area contributed by atoms with Crippen molar-refractivity contribution in [3.05, 3.63) is 55.0 Å². The number of hydrogen-bond donors (Lipinski definition) is 1. The third-order valence-electron chi connectivity index (χ3n) is 4.27. The predicted molar refractivity (Wildman–Crippen MR) is 94.6 cm³/mol. The summed E-state index contributed by atoms with van der Waals surface area (Å²) in [6, 6.07) is 3.57. The van der Waals surface area contributed by atoms with Gasteiger partial charge in [-0.25, -0.2) is 4.79 Å². The molecule has 130 valence electrons. The number of ether oxygens (including phenoxy) is 1. The molecule has 0 radical (unpaired) electrons. The molecule has 3 heterocycles. The van der Waals surface area contributed by atoms with Crippen LogP contribution in [0.25, 0.3) is 0 Å². The van der Waals surface area contributed by atoms with Crippen molar-refractivity contribution < 1.29 is 4.74 Å². The zero-order chi connectivity index (χ0) is 16.9. The van der Waals surface area contributed by atoms with Crippen LogP contribution >= 0.6 is 11.3 Å². The maximum absolute atomic E-state index is 12.0. The lowest BCUT2D eigenvalue weighted by molar-refractivity contribution is 0.0691. The van der Waals surface area contributed by atoms with Gasteiger partial charge in [0.1, 0.15) is 0 Å². The van der Waals surface area contributed by atoms with Gasteiger partial charge < -0.3 is 9.72 Å². The topological polar surface area (TPSA) is 67.3 Å². The van der Waals surface area contributed by atoms with E-state index in [2.05, 4.69) is 26.7 Å². The van der Waals surface area contributed by atoms with Crippen LogP contribution in [0.2, 0.25) is 0 Å². The molecule has 1 fully saturated rings. The molecule has 1 saturated heterocycles. The second kappa shape index (κ2) is 7.92. The van der Waals surface area contributed by atoms with Crippen molar-refractivity contribution in [1.29, 1.82) is 0 Å². The lowest BCUT2D eigenvalue weighted by Crippen LogP contribution is -2.40. The second-order valence-corrected chi connectivity index (χ2v) is 7.03. The summed E-state index contributed by atoms with van der Waals surface area (Å²) in [5, 5.41) is 4.20. The molecule has 0 unspecified atom stereocenters. The molecule has 1 atom stereocenters. The predicted octanol–water partition coefficient (Wildman–Crippen LogP) is 1.59. The summed E-state index contributed by atoms with van der Waals surface area (Å²) in [7, 11) is 0. The number of hydrogen-bond acceptors (Lipinski definition) is 5. The Hall–Kier alpha value is -1.70. The van der Waals surface area contributed by atoms with Crippen LogP contribution in [0, 0.1) is 6.92 Å². The van der Waals surface area contributed by atoms with Gasteiger partial charge in [-0.2, -0.15) is 11.3 Å². The van der Waals surface area contributed by atoms with Crippen molar-refractivity contribution in [1.82, 2.24) is 14.5 Å². The largest absolute Gasteiger partial charge is 0.377 e. The van der Waals surface area contributed by atoms with E-state index in [1.807, 2.05) is 0 Å². The average molecular weight is 349 g/mol. The molecule has 3 rings (SSSR count).